The fourth-order valence-corrected chi connectivity index (χ4v) is 8.17. The van der Waals surface area contributed by atoms with Gasteiger partial charge in [-0.2, -0.15) is 0 Å². The molecular formula is C26H38O5. The van der Waals surface area contributed by atoms with Crippen molar-refractivity contribution < 1.29 is 23.9 Å². The van der Waals surface area contributed by atoms with Crippen molar-refractivity contribution >= 4 is 23.3 Å². The van der Waals surface area contributed by atoms with Gasteiger partial charge >= 0.3 is 5.97 Å². The first-order chi connectivity index (χ1) is 14.6. The van der Waals surface area contributed by atoms with E-state index < -0.39 is 5.41 Å². The average Bonchev–Trinajstić information content (AvgIpc) is 3.07. The Bertz CT molecular complexity index is 787. The predicted octanol–water partition coefficient (Wildman–Crippen LogP) is 4.55. The summed E-state index contributed by atoms with van der Waals surface area (Å²) in [5.41, 5.74) is -0.546. The molecule has 4 rings (SSSR count). The molecule has 4 saturated carbocycles. The number of esters is 1. The second-order valence-electron chi connectivity index (χ2n) is 11.3. The molecule has 0 saturated heterocycles. The molecule has 0 aromatic carbocycles. The van der Waals surface area contributed by atoms with E-state index in [-0.39, 0.29) is 52.7 Å². The summed E-state index contributed by atoms with van der Waals surface area (Å²) in [5.74, 6) is 1.44. The predicted molar refractivity (Wildman–Crippen MR) is 116 cm³/mol. The number of rotatable bonds is 5. The Kier molecular flexibility index (Phi) is 5.93. The number of fused-ring (bicyclic) bond motifs is 5. The fraction of sp³-hybridized carbons (Fsp3) is 0.846. The van der Waals surface area contributed by atoms with Crippen molar-refractivity contribution in [1.82, 2.24) is 0 Å². The molecule has 5 nitrogen and oxygen atoms in total. The van der Waals surface area contributed by atoms with Crippen molar-refractivity contribution in [2.75, 3.05) is 6.61 Å². The van der Waals surface area contributed by atoms with Crippen molar-refractivity contribution in [3.63, 3.8) is 0 Å². The summed E-state index contributed by atoms with van der Waals surface area (Å²) in [6, 6.07) is 0. The maximum absolute atomic E-state index is 13.7. The van der Waals surface area contributed by atoms with Crippen molar-refractivity contribution in [2.24, 2.45) is 46.3 Å². The lowest BCUT2D eigenvalue weighted by molar-refractivity contribution is -0.166. The maximum Gasteiger partial charge on any atom is 0.305 e. The quantitative estimate of drug-likeness (QED) is 0.598. The maximum atomic E-state index is 13.7. The van der Waals surface area contributed by atoms with E-state index in [4.69, 9.17) is 4.74 Å². The van der Waals surface area contributed by atoms with Crippen LogP contribution in [0.15, 0.2) is 0 Å². The summed E-state index contributed by atoms with van der Waals surface area (Å²) in [6.07, 6.45) is 5.89. The zero-order valence-electron chi connectivity index (χ0n) is 19.6. The molecule has 0 N–H and O–H groups in total. The second kappa shape index (κ2) is 8.12. The Morgan fingerprint density at radius 3 is 2.55 bits per heavy atom. The monoisotopic (exact) mass is 430 g/mol. The van der Waals surface area contributed by atoms with Crippen LogP contribution < -0.4 is 0 Å². The molecule has 0 aromatic heterocycles. The molecular weight excluding hydrogens is 392 g/mol. The van der Waals surface area contributed by atoms with Crippen molar-refractivity contribution in [1.29, 1.82) is 0 Å². The lowest BCUT2D eigenvalue weighted by Crippen LogP contribution is -2.60. The van der Waals surface area contributed by atoms with E-state index in [9.17, 15) is 19.2 Å². The zero-order valence-corrected chi connectivity index (χ0v) is 19.6. The number of ketones is 3. The molecule has 0 heterocycles. The molecule has 172 valence electrons. The van der Waals surface area contributed by atoms with Crippen LogP contribution in [-0.2, 0) is 23.9 Å². The molecule has 0 amide bonds. The SMILES string of the molecule is CCOC(=O)CC[C@H](C)[C@H]1CC[C@H]2[C@H]3C(=O)C[C@@H]4CC(=O)CC[C@]4(C)[C@@H]3CC(=O)[C@]12C. The standard InChI is InChI=1S/C26H38O5/c1-5-31-23(30)9-6-15(2)18-7-8-19-24-20(14-22(29)26(18,19)4)25(3)11-10-17(27)12-16(25)13-21(24)28/h15-16,18-20,24H,5-14H2,1-4H3/t15-,16-,18+,19-,20+,24+,25-,26+/m0/s1. The van der Waals surface area contributed by atoms with E-state index in [1.165, 1.54) is 0 Å². The summed E-state index contributed by atoms with van der Waals surface area (Å²) in [6.45, 7) is 8.73. The Morgan fingerprint density at radius 1 is 1.10 bits per heavy atom. The lowest BCUT2D eigenvalue weighted by atomic mass is 9.44. The van der Waals surface area contributed by atoms with E-state index in [1.807, 2.05) is 6.92 Å². The molecule has 31 heavy (non-hydrogen) atoms. The van der Waals surface area contributed by atoms with Crippen LogP contribution in [0.2, 0.25) is 0 Å². The topological polar surface area (TPSA) is 77.5 Å². The highest BCUT2D eigenvalue weighted by Gasteiger charge is 2.66. The molecule has 8 atom stereocenters. The third kappa shape index (κ3) is 3.51. The lowest BCUT2D eigenvalue weighted by Gasteiger charge is -2.58. The Morgan fingerprint density at radius 2 is 1.84 bits per heavy atom. The van der Waals surface area contributed by atoms with Crippen LogP contribution in [0, 0.1) is 46.3 Å². The van der Waals surface area contributed by atoms with E-state index in [0.717, 1.165) is 25.7 Å². The van der Waals surface area contributed by atoms with Gasteiger partial charge in [0.05, 0.1) is 6.61 Å². The van der Waals surface area contributed by atoms with E-state index in [2.05, 4.69) is 20.8 Å². The first-order valence-corrected chi connectivity index (χ1v) is 12.4. The third-order valence-electron chi connectivity index (χ3n) is 10.0. The summed E-state index contributed by atoms with van der Waals surface area (Å²) in [7, 11) is 0. The third-order valence-corrected chi connectivity index (χ3v) is 10.0. The number of carbonyl (C=O) groups is 4. The van der Waals surface area contributed by atoms with Crippen LogP contribution in [0.25, 0.3) is 0 Å². The minimum absolute atomic E-state index is 0.0422. The molecule has 0 aliphatic heterocycles. The van der Waals surface area contributed by atoms with Gasteiger partial charge in [0.2, 0.25) is 0 Å². The van der Waals surface area contributed by atoms with Gasteiger partial charge in [-0.1, -0.05) is 20.8 Å². The molecule has 0 unspecified atom stereocenters. The minimum atomic E-state index is -0.474. The summed E-state index contributed by atoms with van der Waals surface area (Å²) < 4.78 is 5.09. The van der Waals surface area contributed by atoms with Crippen molar-refractivity contribution in [3.05, 3.63) is 0 Å². The van der Waals surface area contributed by atoms with Gasteiger partial charge < -0.3 is 4.74 Å². The molecule has 4 fully saturated rings. The molecule has 0 aromatic rings. The smallest absolute Gasteiger partial charge is 0.305 e. The van der Waals surface area contributed by atoms with Gasteiger partial charge in [0.1, 0.15) is 17.3 Å². The van der Waals surface area contributed by atoms with Crippen LogP contribution >= 0.6 is 0 Å². The normalized spacial score (nSPS) is 43.1. The Hall–Kier alpha value is -1.52. The zero-order chi connectivity index (χ0) is 22.6. The van der Waals surface area contributed by atoms with Crippen LogP contribution in [0.1, 0.15) is 85.5 Å². The van der Waals surface area contributed by atoms with Crippen LogP contribution in [0.4, 0.5) is 0 Å². The summed E-state index contributed by atoms with van der Waals surface area (Å²) >= 11 is 0. The highest BCUT2D eigenvalue weighted by Crippen LogP contribution is 2.66. The van der Waals surface area contributed by atoms with Crippen molar-refractivity contribution in [2.45, 2.75) is 85.5 Å². The average molecular weight is 431 g/mol. The van der Waals surface area contributed by atoms with E-state index in [0.29, 0.717) is 50.3 Å². The number of hydrogen-bond donors (Lipinski definition) is 0. The molecule has 0 radical (unpaired) electrons. The summed E-state index contributed by atoms with van der Waals surface area (Å²) in [5, 5.41) is 0. The van der Waals surface area contributed by atoms with Gasteiger partial charge in [-0.05, 0) is 67.6 Å². The molecule has 0 spiro atoms. The van der Waals surface area contributed by atoms with Gasteiger partial charge in [-0.15, -0.1) is 0 Å². The van der Waals surface area contributed by atoms with Crippen LogP contribution in [-0.4, -0.2) is 29.9 Å². The Labute approximate surface area is 186 Å². The fourth-order valence-electron chi connectivity index (χ4n) is 8.17. The van der Waals surface area contributed by atoms with Gasteiger partial charge in [0.15, 0.2) is 0 Å². The molecule has 5 heteroatoms. The second-order valence-corrected chi connectivity index (χ2v) is 11.3. The van der Waals surface area contributed by atoms with Gasteiger partial charge in [-0.3, -0.25) is 19.2 Å². The van der Waals surface area contributed by atoms with Crippen LogP contribution in [0.3, 0.4) is 0 Å². The van der Waals surface area contributed by atoms with Gasteiger partial charge in [0, 0.05) is 43.4 Å². The highest BCUT2D eigenvalue weighted by molar-refractivity contribution is 5.93. The largest absolute Gasteiger partial charge is 0.466 e. The number of carbonyl (C=O) groups excluding carboxylic acids is 4. The highest BCUT2D eigenvalue weighted by atomic mass is 16.5. The van der Waals surface area contributed by atoms with Gasteiger partial charge in [0.25, 0.3) is 0 Å². The number of hydrogen-bond acceptors (Lipinski definition) is 5. The van der Waals surface area contributed by atoms with E-state index in [1.54, 1.807) is 0 Å². The molecule has 4 aliphatic rings. The first kappa shape index (κ1) is 22.7. The minimum Gasteiger partial charge on any atom is -0.466 e. The Balaban J connectivity index is 1.57. The van der Waals surface area contributed by atoms with Crippen molar-refractivity contribution in [3.8, 4) is 0 Å². The van der Waals surface area contributed by atoms with E-state index >= 15 is 0 Å². The van der Waals surface area contributed by atoms with Gasteiger partial charge in [-0.25, -0.2) is 0 Å². The van der Waals surface area contributed by atoms with Crippen LogP contribution in [0.5, 0.6) is 0 Å². The summed E-state index contributed by atoms with van der Waals surface area (Å²) in [4.78, 5) is 51.1. The molecule has 4 aliphatic carbocycles. The number of Topliss-reactive ketones (excluding diaryl/α,β-unsaturated/α-hetero) is 3. The first-order valence-electron chi connectivity index (χ1n) is 12.4. The molecule has 0 bridgehead atoms. The number of ether oxygens (including phenoxy) is 1.